The van der Waals surface area contributed by atoms with Gasteiger partial charge in [-0.25, -0.2) is 4.98 Å². The van der Waals surface area contributed by atoms with Crippen molar-refractivity contribution in [2.24, 2.45) is 5.92 Å². The number of rotatable bonds is 8. The third kappa shape index (κ3) is 6.31. The van der Waals surface area contributed by atoms with Gasteiger partial charge in [-0.1, -0.05) is 29.8 Å². The number of hydrogen-bond donors (Lipinski definition) is 1. The minimum Gasteiger partial charge on any atom is -0.493 e. The predicted molar refractivity (Wildman–Crippen MR) is 144 cm³/mol. The maximum Gasteiger partial charge on any atom is 0.269 e. The minimum absolute atomic E-state index is 0.0919. The van der Waals surface area contributed by atoms with E-state index >= 15 is 0 Å². The number of carbonyl (C=O) groups is 1. The lowest BCUT2D eigenvalue weighted by Gasteiger charge is -2.38. The number of anilines is 1. The highest BCUT2D eigenvalue weighted by Crippen LogP contribution is 2.30. The Morgan fingerprint density at radius 3 is 2.58 bits per heavy atom. The molecule has 7 nitrogen and oxygen atoms in total. The highest BCUT2D eigenvalue weighted by molar-refractivity contribution is 6.31. The van der Waals surface area contributed by atoms with Crippen molar-refractivity contribution in [3.63, 3.8) is 0 Å². The molecule has 1 aromatic heterocycles. The molecule has 1 aromatic carbocycles. The van der Waals surface area contributed by atoms with Gasteiger partial charge in [-0.2, -0.15) is 0 Å². The van der Waals surface area contributed by atoms with Gasteiger partial charge in [0, 0.05) is 50.3 Å². The van der Waals surface area contributed by atoms with Gasteiger partial charge in [0.1, 0.15) is 5.69 Å². The number of ether oxygens (including phenoxy) is 1. The van der Waals surface area contributed by atoms with E-state index in [0.29, 0.717) is 17.7 Å². The van der Waals surface area contributed by atoms with E-state index < -0.39 is 0 Å². The largest absolute Gasteiger partial charge is 0.493 e. The van der Waals surface area contributed by atoms with Gasteiger partial charge in [-0.05, 0) is 74.9 Å². The van der Waals surface area contributed by atoms with Crippen LogP contribution in [0.4, 0.5) is 5.82 Å². The average molecular weight is 512 g/mol. The standard InChI is InChI=1S/C28H38ClN5O2/c1-36-26-10-9-25(28(35)30-19-21-7-8-21)31-27(26)34-14-4-13-33(17-18-34)23-11-15-32(16-12-23)20-22-5-2-3-6-24(22)29/h2-3,5-6,9-10,21,23H,4,7-8,11-20H2,1H3,(H,30,35). The van der Waals surface area contributed by atoms with Crippen molar-refractivity contribution in [2.45, 2.75) is 44.7 Å². The zero-order chi connectivity index (χ0) is 24.9. The number of nitrogens with zero attached hydrogens (tertiary/aromatic N) is 4. The highest BCUT2D eigenvalue weighted by Gasteiger charge is 2.28. The molecule has 2 saturated heterocycles. The number of methoxy groups -OCH3 is 1. The molecule has 1 aliphatic carbocycles. The smallest absolute Gasteiger partial charge is 0.269 e. The molecule has 0 atom stereocenters. The van der Waals surface area contributed by atoms with Crippen LogP contribution in [-0.2, 0) is 6.54 Å². The van der Waals surface area contributed by atoms with Gasteiger partial charge >= 0.3 is 0 Å². The quantitative estimate of drug-likeness (QED) is 0.576. The molecule has 1 N–H and O–H groups in total. The van der Waals surface area contributed by atoms with Crippen LogP contribution < -0.4 is 15.0 Å². The molecular formula is C28H38ClN5O2. The predicted octanol–water partition coefficient (Wildman–Crippen LogP) is 4.06. The van der Waals surface area contributed by atoms with Crippen LogP contribution in [0, 0.1) is 5.92 Å². The second-order valence-corrected chi connectivity index (χ2v) is 10.8. The zero-order valence-electron chi connectivity index (χ0n) is 21.3. The maximum absolute atomic E-state index is 12.6. The molecule has 0 spiro atoms. The molecule has 3 aliphatic rings. The number of halogens is 1. The lowest BCUT2D eigenvalue weighted by Crippen LogP contribution is -2.46. The first-order valence-electron chi connectivity index (χ1n) is 13.4. The number of hydrogen-bond acceptors (Lipinski definition) is 6. The Bertz CT molecular complexity index is 1040. The Balaban J connectivity index is 1.16. The molecule has 2 aromatic rings. The second kappa shape index (κ2) is 11.8. The third-order valence-electron chi connectivity index (χ3n) is 7.80. The second-order valence-electron chi connectivity index (χ2n) is 10.4. The topological polar surface area (TPSA) is 60.9 Å². The van der Waals surface area contributed by atoms with Crippen molar-refractivity contribution in [1.82, 2.24) is 20.1 Å². The number of benzene rings is 1. The van der Waals surface area contributed by atoms with Crippen LogP contribution in [0.25, 0.3) is 0 Å². The fraction of sp³-hybridized carbons (Fsp3) is 0.571. The van der Waals surface area contributed by atoms with Gasteiger partial charge in [0.25, 0.3) is 5.91 Å². The summed E-state index contributed by atoms with van der Waals surface area (Å²) in [5, 5.41) is 3.89. The van der Waals surface area contributed by atoms with E-state index in [1.54, 1.807) is 13.2 Å². The lowest BCUT2D eigenvalue weighted by molar-refractivity contribution is 0.0947. The van der Waals surface area contributed by atoms with E-state index in [0.717, 1.165) is 75.4 Å². The Labute approximate surface area is 219 Å². The third-order valence-corrected chi connectivity index (χ3v) is 8.16. The first-order valence-corrected chi connectivity index (χ1v) is 13.8. The SMILES string of the molecule is COc1ccc(C(=O)NCC2CC2)nc1N1CCCN(C2CCN(Cc3ccccc3Cl)CC2)CC1. The highest BCUT2D eigenvalue weighted by atomic mass is 35.5. The van der Waals surface area contributed by atoms with Gasteiger partial charge in [-0.3, -0.25) is 14.6 Å². The maximum atomic E-state index is 12.6. The van der Waals surface area contributed by atoms with Crippen LogP contribution in [0.15, 0.2) is 36.4 Å². The molecule has 3 fully saturated rings. The zero-order valence-corrected chi connectivity index (χ0v) is 22.1. The van der Waals surface area contributed by atoms with E-state index in [4.69, 9.17) is 21.3 Å². The summed E-state index contributed by atoms with van der Waals surface area (Å²) in [5.74, 6) is 2.07. The van der Waals surface area contributed by atoms with Crippen molar-refractivity contribution in [1.29, 1.82) is 0 Å². The van der Waals surface area contributed by atoms with Crippen molar-refractivity contribution < 1.29 is 9.53 Å². The van der Waals surface area contributed by atoms with Gasteiger partial charge in [0.05, 0.1) is 7.11 Å². The van der Waals surface area contributed by atoms with Crippen molar-refractivity contribution in [2.75, 3.05) is 57.8 Å². The molecular weight excluding hydrogens is 474 g/mol. The van der Waals surface area contributed by atoms with E-state index in [1.807, 2.05) is 18.2 Å². The van der Waals surface area contributed by atoms with Crippen molar-refractivity contribution in [3.05, 3.63) is 52.7 Å². The molecule has 36 heavy (non-hydrogen) atoms. The lowest BCUT2D eigenvalue weighted by atomic mass is 10.0. The van der Waals surface area contributed by atoms with Crippen LogP contribution >= 0.6 is 11.6 Å². The molecule has 5 rings (SSSR count). The average Bonchev–Trinajstić information content (AvgIpc) is 3.76. The Hall–Kier alpha value is -2.35. The molecule has 0 bridgehead atoms. The Morgan fingerprint density at radius 2 is 1.83 bits per heavy atom. The van der Waals surface area contributed by atoms with E-state index in [9.17, 15) is 4.79 Å². The molecule has 0 radical (unpaired) electrons. The number of nitrogens with one attached hydrogen (secondary N) is 1. The molecule has 2 aliphatic heterocycles. The number of piperidine rings is 1. The summed E-state index contributed by atoms with van der Waals surface area (Å²) >= 11 is 6.38. The summed E-state index contributed by atoms with van der Waals surface area (Å²) in [6.07, 6.45) is 5.87. The summed E-state index contributed by atoms with van der Waals surface area (Å²) in [5.41, 5.74) is 1.69. The number of amides is 1. The molecule has 3 heterocycles. The van der Waals surface area contributed by atoms with E-state index in [2.05, 4.69) is 32.1 Å². The fourth-order valence-corrected chi connectivity index (χ4v) is 5.62. The normalized spacial score (nSPS) is 20.2. The van der Waals surface area contributed by atoms with Gasteiger partial charge in [0.2, 0.25) is 0 Å². The number of aromatic nitrogens is 1. The monoisotopic (exact) mass is 511 g/mol. The van der Waals surface area contributed by atoms with Crippen LogP contribution in [-0.4, -0.2) is 79.7 Å². The van der Waals surface area contributed by atoms with Crippen LogP contribution in [0.2, 0.25) is 5.02 Å². The van der Waals surface area contributed by atoms with Crippen LogP contribution in [0.1, 0.15) is 48.2 Å². The summed E-state index contributed by atoms with van der Waals surface area (Å²) in [4.78, 5) is 24.9. The molecule has 194 valence electrons. The minimum atomic E-state index is -0.0919. The summed E-state index contributed by atoms with van der Waals surface area (Å²) in [6.45, 7) is 7.77. The number of carbonyl (C=O) groups excluding carboxylic acids is 1. The summed E-state index contributed by atoms with van der Waals surface area (Å²) in [6, 6.07) is 12.4. The Morgan fingerprint density at radius 1 is 1.03 bits per heavy atom. The summed E-state index contributed by atoms with van der Waals surface area (Å²) < 4.78 is 5.63. The Kier molecular flexibility index (Phi) is 8.29. The van der Waals surface area contributed by atoms with Gasteiger partial charge < -0.3 is 15.0 Å². The molecule has 1 amide bonds. The molecule has 8 heteroatoms. The fourth-order valence-electron chi connectivity index (χ4n) is 5.42. The molecule has 0 unspecified atom stereocenters. The first-order chi connectivity index (χ1) is 17.6. The number of pyridine rings is 1. The van der Waals surface area contributed by atoms with Crippen LogP contribution in [0.5, 0.6) is 5.75 Å². The van der Waals surface area contributed by atoms with Crippen molar-refractivity contribution >= 4 is 23.3 Å². The number of likely N-dealkylation sites (tertiary alicyclic amines) is 1. The van der Waals surface area contributed by atoms with Crippen LogP contribution in [0.3, 0.4) is 0 Å². The van der Waals surface area contributed by atoms with Gasteiger partial charge in [0.15, 0.2) is 11.6 Å². The van der Waals surface area contributed by atoms with Gasteiger partial charge in [-0.15, -0.1) is 0 Å². The molecule has 1 saturated carbocycles. The van der Waals surface area contributed by atoms with E-state index in [-0.39, 0.29) is 5.91 Å². The van der Waals surface area contributed by atoms with E-state index in [1.165, 1.54) is 31.2 Å². The van der Waals surface area contributed by atoms with Crippen molar-refractivity contribution in [3.8, 4) is 5.75 Å². The first kappa shape index (κ1) is 25.3. The summed E-state index contributed by atoms with van der Waals surface area (Å²) in [7, 11) is 1.67.